The van der Waals surface area contributed by atoms with Crippen molar-refractivity contribution in [2.24, 2.45) is 0 Å². The van der Waals surface area contributed by atoms with Crippen LogP contribution in [0.4, 0.5) is 0 Å². The van der Waals surface area contributed by atoms with E-state index >= 15 is 0 Å². The van der Waals surface area contributed by atoms with Crippen molar-refractivity contribution in [2.75, 3.05) is 6.54 Å². The lowest BCUT2D eigenvalue weighted by Crippen LogP contribution is -2.22. The number of fused-ring (bicyclic) bond motifs is 1. The zero-order valence-corrected chi connectivity index (χ0v) is 10.6. The van der Waals surface area contributed by atoms with Gasteiger partial charge < -0.3 is 31.0 Å². The van der Waals surface area contributed by atoms with Gasteiger partial charge in [-0.2, -0.15) is 4.73 Å². The zero-order chi connectivity index (χ0) is 15.0. The van der Waals surface area contributed by atoms with Gasteiger partial charge >= 0.3 is 0 Å². The Morgan fingerprint density at radius 2 is 1.90 bits per heavy atom. The third-order valence-corrected chi connectivity index (χ3v) is 2.98. The lowest BCUT2D eigenvalue weighted by molar-refractivity contribution is -0.118. The molecule has 1 amide bonds. The molecule has 20 heavy (non-hydrogen) atoms. The van der Waals surface area contributed by atoms with Crippen LogP contribution in [0.1, 0.15) is 12.5 Å². The van der Waals surface area contributed by atoms with Gasteiger partial charge in [0.1, 0.15) is 0 Å². The van der Waals surface area contributed by atoms with E-state index in [1.165, 1.54) is 6.92 Å². The van der Waals surface area contributed by atoms with E-state index in [0.29, 0.717) is 4.73 Å². The number of carbonyl (C=O) groups excluding carboxylic acids is 1. The second-order valence-electron chi connectivity index (χ2n) is 4.33. The fourth-order valence-corrected chi connectivity index (χ4v) is 2.05. The molecule has 0 spiro atoms. The monoisotopic (exact) mass is 282 g/mol. The minimum absolute atomic E-state index is 0.00523. The third kappa shape index (κ3) is 2.00. The average Bonchev–Trinajstić information content (AvgIpc) is 2.61. The highest BCUT2D eigenvalue weighted by molar-refractivity contribution is 5.95. The number of nitrogens with zero attached hydrogens (tertiary/aromatic N) is 1. The second-order valence-corrected chi connectivity index (χ2v) is 4.33. The van der Waals surface area contributed by atoms with Crippen LogP contribution in [0.15, 0.2) is 6.07 Å². The Bertz CT molecular complexity index is 691. The Balaban J connectivity index is 2.56. The molecule has 1 heterocycles. The van der Waals surface area contributed by atoms with Crippen LogP contribution < -0.4 is 5.32 Å². The van der Waals surface area contributed by atoms with Gasteiger partial charge in [0, 0.05) is 25.1 Å². The number of carbonyl (C=O) groups is 1. The molecule has 0 bridgehead atoms. The molecule has 0 saturated heterocycles. The molecule has 0 unspecified atom stereocenters. The Morgan fingerprint density at radius 1 is 1.25 bits per heavy atom. The fraction of sp³-hybridized carbons (Fsp3) is 0.250. The zero-order valence-electron chi connectivity index (χ0n) is 10.6. The summed E-state index contributed by atoms with van der Waals surface area (Å²) in [4.78, 5) is 10.8. The molecule has 1 aromatic heterocycles. The van der Waals surface area contributed by atoms with Crippen molar-refractivity contribution in [3.63, 3.8) is 0 Å². The van der Waals surface area contributed by atoms with Gasteiger partial charge in [0.2, 0.25) is 17.5 Å². The van der Waals surface area contributed by atoms with Gasteiger partial charge in [-0.3, -0.25) is 4.79 Å². The van der Waals surface area contributed by atoms with Crippen LogP contribution in [0, 0.1) is 0 Å². The first-order valence-corrected chi connectivity index (χ1v) is 5.78. The molecule has 0 aliphatic heterocycles. The normalized spacial score (nSPS) is 10.8. The van der Waals surface area contributed by atoms with Crippen LogP contribution in [-0.4, -0.2) is 42.8 Å². The number of hydrogen-bond donors (Lipinski definition) is 6. The first-order valence-electron chi connectivity index (χ1n) is 5.78. The number of rotatable bonds is 3. The number of nitrogens with one attached hydrogen (secondary N) is 1. The molecular weight excluding hydrogens is 268 g/mol. The maximum Gasteiger partial charge on any atom is 0.229 e. The third-order valence-electron chi connectivity index (χ3n) is 2.98. The Kier molecular flexibility index (Phi) is 3.23. The molecule has 0 aliphatic rings. The molecule has 108 valence electrons. The highest BCUT2D eigenvalue weighted by Gasteiger charge is 2.23. The largest absolute Gasteiger partial charge is 0.504 e. The first kappa shape index (κ1) is 13.7. The maximum atomic E-state index is 10.8. The summed E-state index contributed by atoms with van der Waals surface area (Å²) in [5, 5.41) is 50.8. The Labute approximate surface area is 113 Å². The van der Waals surface area contributed by atoms with Crippen molar-refractivity contribution in [2.45, 2.75) is 13.3 Å². The standard InChI is InChI=1S/C12H14N2O6/c1-5(15)13-3-2-6-9-7(14(20)12(6)19)4-8(16)10(17)11(9)18/h4,16-20H,2-3H2,1H3,(H,13,15). The minimum atomic E-state index is -0.746. The second kappa shape index (κ2) is 4.72. The van der Waals surface area contributed by atoms with E-state index in [4.69, 9.17) is 0 Å². The average molecular weight is 282 g/mol. The summed E-state index contributed by atoms with van der Waals surface area (Å²) in [5.74, 6) is -2.83. The predicted molar refractivity (Wildman–Crippen MR) is 68.2 cm³/mol. The van der Waals surface area contributed by atoms with Crippen molar-refractivity contribution in [1.82, 2.24) is 10.0 Å². The van der Waals surface area contributed by atoms with Gasteiger partial charge in [0.25, 0.3) is 0 Å². The van der Waals surface area contributed by atoms with Crippen LogP contribution in [-0.2, 0) is 11.2 Å². The van der Waals surface area contributed by atoms with Gasteiger partial charge in [0.05, 0.1) is 10.9 Å². The fourth-order valence-electron chi connectivity index (χ4n) is 2.05. The maximum absolute atomic E-state index is 10.8. The predicted octanol–water partition coefficient (Wildman–Crippen LogP) is 0.380. The Hall–Kier alpha value is -2.77. The van der Waals surface area contributed by atoms with E-state index in [9.17, 15) is 30.4 Å². The lowest BCUT2D eigenvalue weighted by Gasteiger charge is -2.05. The van der Waals surface area contributed by atoms with E-state index < -0.39 is 23.1 Å². The van der Waals surface area contributed by atoms with Crippen molar-refractivity contribution in [1.29, 1.82) is 0 Å². The van der Waals surface area contributed by atoms with Crippen molar-refractivity contribution in [3.8, 4) is 23.1 Å². The number of aromatic hydroxyl groups is 4. The van der Waals surface area contributed by atoms with Gasteiger partial charge in [-0.1, -0.05) is 0 Å². The summed E-state index contributed by atoms with van der Waals surface area (Å²) >= 11 is 0. The quantitative estimate of drug-likeness (QED) is 0.356. The van der Waals surface area contributed by atoms with Crippen LogP contribution in [0.25, 0.3) is 10.9 Å². The van der Waals surface area contributed by atoms with Crippen molar-refractivity contribution >= 4 is 16.8 Å². The summed E-state index contributed by atoms with van der Waals surface area (Å²) in [5.41, 5.74) is 0.0807. The van der Waals surface area contributed by atoms with E-state index in [0.717, 1.165) is 6.07 Å². The molecule has 2 rings (SSSR count). The molecule has 0 aliphatic carbocycles. The number of benzene rings is 1. The van der Waals surface area contributed by atoms with Gasteiger partial charge in [0.15, 0.2) is 11.5 Å². The molecular formula is C12H14N2O6. The van der Waals surface area contributed by atoms with Crippen molar-refractivity contribution < 1.29 is 30.4 Å². The summed E-state index contributed by atoms with van der Waals surface area (Å²) in [7, 11) is 0. The first-order chi connectivity index (χ1) is 9.34. The van der Waals surface area contributed by atoms with Crippen LogP contribution in [0.5, 0.6) is 23.1 Å². The SMILES string of the molecule is CC(=O)NCCc1c(O)n(O)c2cc(O)c(O)c(O)c12. The molecule has 0 saturated carbocycles. The summed E-state index contributed by atoms with van der Waals surface area (Å²) in [6, 6.07) is 1.01. The number of aromatic nitrogens is 1. The highest BCUT2D eigenvalue weighted by atomic mass is 16.5. The van der Waals surface area contributed by atoms with Crippen LogP contribution >= 0.6 is 0 Å². The molecule has 0 radical (unpaired) electrons. The molecule has 6 N–H and O–H groups in total. The number of phenolic OH excluding ortho intramolecular Hbond substituents is 3. The molecule has 8 heteroatoms. The van der Waals surface area contributed by atoms with Crippen molar-refractivity contribution in [3.05, 3.63) is 11.6 Å². The summed E-state index contributed by atoms with van der Waals surface area (Å²) in [6.07, 6.45) is 0.118. The lowest BCUT2D eigenvalue weighted by atomic mass is 10.1. The molecule has 8 nitrogen and oxygen atoms in total. The molecule has 2 aromatic rings. The molecule has 1 aromatic carbocycles. The van der Waals surface area contributed by atoms with Crippen LogP contribution in [0.2, 0.25) is 0 Å². The Morgan fingerprint density at radius 3 is 2.50 bits per heavy atom. The van der Waals surface area contributed by atoms with E-state index in [1.54, 1.807) is 0 Å². The smallest absolute Gasteiger partial charge is 0.229 e. The number of hydrogen-bond acceptors (Lipinski definition) is 6. The van der Waals surface area contributed by atoms with E-state index in [1.807, 2.05) is 0 Å². The van der Waals surface area contributed by atoms with E-state index in [-0.39, 0.29) is 35.3 Å². The molecule has 0 atom stereocenters. The topological polar surface area (TPSA) is 135 Å². The van der Waals surface area contributed by atoms with Gasteiger partial charge in [-0.05, 0) is 6.42 Å². The van der Waals surface area contributed by atoms with E-state index in [2.05, 4.69) is 5.32 Å². The summed E-state index contributed by atoms with van der Waals surface area (Å²) < 4.78 is 0.386. The minimum Gasteiger partial charge on any atom is -0.504 e. The number of amides is 1. The molecule has 0 fully saturated rings. The van der Waals surface area contributed by atoms with Gasteiger partial charge in [-0.25, -0.2) is 0 Å². The highest BCUT2D eigenvalue weighted by Crippen LogP contribution is 2.45. The van der Waals surface area contributed by atoms with Crippen LogP contribution in [0.3, 0.4) is 0 Å². The number of phenols is 3. The van der Waals surface area contributed by atoms with Gasteiger partial charge in [-0.15, -0.1) is 0 Å². The summed E-state index contributed by atoms with van der Waals surface area (Å²) in [6.45, 7) is 1.50.